The molecule has 0 bridgehead atoms. The summed E-state index contributed by atoms with van der Waals surface area (Å²) in [4.78, 5) is 40.4. The maximum absolute atomic E-state index is 13.0. The highest BCUT2D eigenvalue weighted by Gasteiger charge is 2.41. The molecule has 3 amide bonds. The first-order valence-electron chi connectivity index (χ1n) is 9.93. The molecule has 0 saturated carbocycles. The first-order chi connectivity index (χ1) is 12.4. The van der Waals surface area contributed by atoms with Crippen LogP contribution in [0.1, 0.15) is 60.8 Å². The zero-order valence-corrected chi connectivity index (χ0v) is 17.6. The van der Waals surface area contributed by atoms with Crippen molar-refractivity contribution in [3.8, 4) is 0 Å². The predicted molar refractivity (Wildman–Crippen MR) is 103 cm³/mol. The van der Waals surface area contributed by atoms with E-state index in [1.54, 1.807) is 11.8 Å². The minimum absolute atomic E-state index is 0.0353. The monoisotopic (exact) mass is 381 g/mol. The van der Waals surface area contributed by atoms with E-state index in [4.69, 9.17) is 4.74 Å². The molecule has 2 rings (SSSR count). The van der Waals surface area contributed by atoms with E-state index in [-0.39, 0.29) is 29.2 Å². The molecule has 7 nitrogen and oxygen atoms in total. The second kappa shape index (κ2) is 8.07. The van der Waals surface area contributed by atoms with Gasteiger partial charge < -0.3 is 19.9 Å². The SMILES string of the molecule is CC(=O)N1CCC[C@H](C(=O)N2CC[C@@H](NC(=O)OC(C)(C)C)C(C)(C)C2)C1. The van der Waals surface area contributed by atoms with Crippen molar-refractivity contribution in [3.63, 3.8) is 0 Å². The van der Waals surface area contributed by atoms with Crippen molar-refractivity contribution in [3.05, 3.63) is 0 Å². The van der Waals surface area contributed by atoms with E-state index in [9.17, 15) is 14.4 Å². The summed E-state index contributed by atoms with van der Waals surface area (Å²) in [5, 5.41) is 2.97. The Hall–Kier alpha value is -1.79. The Kier molecular flexibility index (Phi) is 6.43. The van der Waals surface area contributed by atoms with Gasteiger partial charge in [0, 0.05) is 44.6 Å². The number of hydrogen-bond donors (Lipinski definition) is 1. The van der Waals surface area contributed by atoms with Gasteiger partial charge in [-0.05, 0) is 40.0 Å². The third kappa shape index (κ3) is 5.84. The molecule has 2 saturated heterocycles. The Morgan fingerprint density at radius 1 is 1.07 bits per heavy atom. The second-order valence-corrected chi connectivity index (χ2v) is 9.54. The molecule has 2 heterocycles. The number of rotatable bonds is 2. The van der Waals surface area contributed by atoms with Crippen LogP contribution in [0, 0.1) is 11.3 Å². The highest BCUT2D eigenvalue weighted by molar-refractivity contribution is 5.81. The summed E-state index contributed by atoms with van der Waals surface area (Å²) in [5.41, 5.74) is -0.784. The molecule has 1 N–H and O–H groups in total. The second-order valence-electron chi connectivity index (χ2n) is 9.54. The molecule has 27 heavy (non-hydrogen) atoms. The maximum atomic E-state index is 13.0. The van der Waals surface area contributed by atoms with Gasteiger partial charge in [0.25, 0.3) is 0 Å². The summed E-state index contributed by atoms with van der Waals surface area (Å²) in [6.45, 7) is 13.7. The Balaban J connectivity index is 1.95. The van der Waals surface area contributed by atoms with E-state index in [2.05, 4.69) is 19.2 Å². The average Bonchev–Trinajstić information content (AvgIpc) is 2.54. The maximum Gasteiger partial charge on any atom is 0.407 e. The number of nitrogens with one attached hydrogen (secondary N) is 1. The first kappa shape index (κ1) is 21.5. The topological polar surface area (TPSA) is 79.0 Å². The van der Waals surface area contributed by atoms with Gasteiger partial charge in [0.05, 0.1) is 5.92 Å². The third-order valence-corrected chi connectivity index (χ3v) is 5.45. The lowest BCUT2D eigenvalue weighted by Gasteiger charge is -2.46. The standard InChI is InChI=1S/C20H35N3O4/c1-14(24)22-10-7-8-15(12-22)17(25)23-11-9-16(20(5,6)13-23)21-18(26)27-19(2,3)4/h15-16H,7-13H2,1-6H3,(H,21,26)/t15-,16+/m0/s1. The van der Waals surface area contributed by atoms with Crippen molar-refractivity contribution >= 4 is 17.9 Å². The van der Waals surface area contributed by atoms with E-state index in [1.165, 1.54) is 0 Å². The zero-order valence-electron chi connectivity index (χ0n) is 17.6. The van der Waals surface area contributed by atoms with Gasteiger partial charge in [-0.2, -0.15) is 0 Å². The number of ether oxygens (including phenoxy) is 1. The number of alkyl carbamates (subject to hydrolysis) is 1. The molecule has 0 aromatic carbocycles. The average molecular weight is 382 g/mol. The largest absolute Gasteiger partial charge is 0.444 e. The number of amides is 3. The number of piperidine rings is 2. The number of carbonyl (C=O) groups excluding carboxylic acids is 3. The third-order valence-electron chi connectivity index (χ3n) is 5.45. The fourth-order valence-corrected chi connectivity index (χ4v) is 3.99. The zero-order chi connectivity index (χ0) is 20.4. The molecule has 0 spiro atoms. The number of likely N-dealkylation sites (tertiary alicyclic amines) is 2. The minimum atomic E-state index is -0.533. The molecule has 2 aliphatic rings. The summed E-state index contributed by atoms with van der Waals surface area (Å²) in [5.74, 6) is 0.0478. The van der Waals surface area contributed by atoms with Gasteiger partial charge in [-0.1, -0.05) is 13.8 Å². The summed E-state index contributed by atoms with van der Waals surface area (Å²) in [6.07, 6.45) is 1.99. The fourth-order valence-electron chi connectivity index (χ4n) is 3.99. The molecular weight excluding hydrogens is 346 g/mol. The van der Waals surface area contributed by atoms with Gasteiger partial charge in [0.2, 0.25) is 11.8 Å². The van der Waals surface area contributed by atoms with E-state index in [1.807, 2.05) is 25.7 Å². The van der Waals surface area contributed by atoms with Gasteiger partial charge in [0.1, 0.15) is 5.60 Å². The van der Waals surface area contributed by atoms with Gasteiger partial charge >= 0.3 is 6.09 Å². The van der Waals surface area contributed by atoms with E-state index >= 15 is 0 Å². The van der Waals surface area contributed by atoms with Crippen LogP contribution in [-0.2, 0) is 14.3 Å². The van der Waals surface area contributed by atoms with Crippen LogP contribution in [-0.4, -0.2) is 65.5 Å². The number of carbonyl (C=O) groups is 3. The van der Waals surface area contributed by atoms with E-state index in [0.29, 0.717) is 26.1 Å². The lowest BCUT2D eigenvalue weighted by molar-refractivity contribution is -0.143. The highest BCUT2D eigenvalue weighted by Crippen LogP contribution is 2.31. The molecule has 7 heteroatoms. The van der Waals surface area contributed by atoms with Gasteiger partial charge in [0.15, 0.2) is 0 Å². The summed E-state index contributed by atoms with van der Waals surface area (Å²) >= 11 is 0. The lowest BCUT2D eigenvalue weighted by atomic mass is 9.78. The van der Waals surface area contributed by atoms with E-state index in [0.717, 1.165) is 19.4 Å². The fraction of sp³-hybridized carbons (Fsp3) is 0.850. The van der Waals surface area contributed by atoms with Gasteiger partial charge in [-0.25, -0.2) is 4.79 Å². The molecule has 0 radical (unpaired) electrons. The molecule has 154 valence electrons. The van der Waals surface area contributed by atoms with Crippen LogP contribution < -0.4 is 5.32 Å². The van der Waals surface area contributed by atoms with Crippen LogP contribution >= 0.6 is 0 Å². The van der Waals surface area contributed by atoms with Crippen LogP contribution in [0.25, 0.3) is 0 Å². The smallest absolute Gasteiger partial charge is 0.407 e. The van der Waals surface area contributed by atoms with Crippen LogP contribution in [0.2, 0.25) is 0 Å². The quantitative estimate of drug-likeness (QED) is 0.797. The summed E-state index contributed by atoms with van der Waals surface area (Å²) < 4.78 is 5.37. The van der Waals surface area contributed by atoms with Gasteiger partial charge in [-0.3, -0.25) is 9.59 Å². The van der Waals surface area contributed by atoms with Crippen LogP contribution in [0.4, 0.5) is 4.79 Å². The number of hydrogen-bond acceptors (Lipinski definition) is 4. The van der Waals surface area contributed by atoms with Crippen LogP contribution in [0.15, 0.2) is 0 Å². The Labute approximate surface area is 162 Å². The molecule has 2 aliphatic heterocycles. The van der Waals surface area contributed by atoms with Gasteiger partial charge in [-0.15, -0.1) is 0 Å². The van der Waals surface area contributed by atoms with Crippen molar-refractivity contribution < 1.29 is 19.1 Å². The van der Waals surface area contributed by atoms with Crippen molar-refractivity contribution in [2.24, 2.45) is 11.3 Å². The van der Waals surface area contributed by atoms with Crippen molar-refractivity contribution in [1.82, 2.24) is 15.1 Å². The molecule has 0 aromatic heterocycles. The first-order valence-corrected chi connectivity index (χ1v) is 9.93. The molecular formula is C20H35N3O4. The Morgan fingerprint density at radius 3 is 2.30 bits per heavy atom. The predicted octanol–water partition coefficient (Wildman–Crippen LogP) is 2.40. The summed E-state index contributed by atoms with van der Waals surface area (Å²) in [7, 11) is 0. The minimum Gasteiger partial charge on any atom is -0.444 e. The highest BCUT2D eigenvalue weighted by atomic mass is 16.6. The lowest BCUT2D eigenvalue weighted by Crippen LogP contribution is -2.58. The Bertz CT molecular complexity index is 582. The molecule has 0 unspecified atom stereocenters. The van der Waals surface area contributed by atoms with Crippen molar-refractivity contribution in [2.75, 3.05) is 26.2 Å². The molecule has 2 atom stereocenters. The van der Waals surface area contributed by atoms with Crippen molar-refractivity contribution in [1.29, 1.82) is 0 Å². The summed E-state index contributed by atoms with van der Waals surface area (Å²) in [6, 6.07) is -0.0449. The number of nitrogens with zero attached hydrogens (tertiary/aromatic N) is 2. The van der Waals surface area contributed by atoms with Crippen LogP contribution in [0.3, 0.4) is 0 Å². The normalized spacial score (nSPS) is 25.7. The van der Waals surface area contributed by atoms with Crippen LogP contribution in [0.5, 0.6) is 0 Å². The molecule has 2 fully saturated rings. The van der Waals surface area contributed by atoms with E-state index < -0.39 is 11.7 Å². The molecule has 0 aliphatic carbocycles. The van der Waals surface area contributed by atoms with Crippen molar-refractivity contribution in [2.45, 2.75) is 72.4 Å². The Morgan fingerprint density at radius 2 is 1.74 bits per heavy atom. The molecule has 0 aromatic rings.